The molecule has 2 bridgehead atoms. The molecule has 0 aromatic carbocycles. The number of methoxy groups -OCH3 is 1. The molecule has 0 radical (unpaired) electrons. The monoisotopic (exact) mass is 742 g/mol. The minimum absolute atomic E-state index is 0.00267. The molecule has 0 spiro atoms. The van der Waals surface area contributed by atoms with Crippen LogP contribution in [0.3, 0.4) is 0 Å². The quantitative estimate of drug-likeness (QED) is 0.233. The van der Waals surface area contributed by atoms with E-state index in [9.17, 15) is 34.2 Å². The van der Waals surface area contributed by atoms with Crippen molar-refractivity contribution >= 4 is 29.3 Å². The Morgan fingerprint density at radius 1 is 0.906 bits per heavy atom. The molecule has 0 unspecified atom stereocenters. The zero-order valence-corrected chi connectivity index (χ0v) is 33.9. The summed E-state index contributed by atoms with van der Waals surface area (Å²) in [6.07, 6.45) is 3.43. The highest BCUT2D eigenvalue weighted by Crippen LogP contribution is 2.56. The average Bonchev–Trinajstić information content (AvgIpc) is 3.06. The van der Waals surface area contributed by atoms with Crippen molar-refractivity contribution in [1.82, 2.24) is 0 Å². The van der Waals surface area contributed by atoms with E-state index in [0.29, 0.717) is 37.7 Å². The number of allylic oxidation sites excluding steroid dienone is 3. The Kier molecular flexibility index (Phi) is 13.8. The Morgan fingerprint density at radius 3 is 2.21 bits per heavy atom. The number of carbonyl (C=O) groups is 5. The molecule has 0 aromatic rings. The van der Waals surface area contributed by atoms with Crippen molar-refractivity contribution < 1.29 is 48.4 Å². The van der Waals surface area contributed by atoms with Gasteiger partial charge in [-0.15, -0.1) is 0 Å². The largest absolute Gasteiger partial charge is 0.469 e. The maximum Gasteiger partial charge on any atom is 0.313 e. The van der Waals surface area contributed by atoms with Crippen LogP contribution in [0.5, 0.6) is 0 Å². The van der Waals surface area contributed by atoms with Gasteiger partial charge in [0.1, 0.15) is 29.1 Å². The lowest BCUT2D eigenvalue weighted by Gasteiger charge is -2.51. The van der Waals surface area contributed by atoms with Crippen LogP contribution < -0.4 is 0 Å². The number of Topliss-reactive ketones (excluding diaryl/α,β-unsaturated/α-hetero) is 3. The van der Waals surface area contributed by atoms with Crippen molar-refractivity contribution in [1.29, 1.82) is 0 Å². The Labute approximate surface area is 316 Å². The Morgan fingerprint density at radius 2 is 1.58 bits per heavy atom. The predicted octanol–water partition coefficient (Wildman–Crippen LogP) is 6.82. The molecular weight excluding hydrogens is 676 g/mol. The van der Waals surface area contributed by atoms with E-state index < -0.39 is 64.6 Å². The van der Waals surface area contributed by atoms with E-state index in [2.05, 4.69) is 0 Å². The van der Waals surface area contributed by atoms with E-state index in [4.69, 9.17) is 14.2 Å². The molecule has 2 aliphatic carbocycles. The van der Waals surface area contributed by atoms with E-state index in [-0.39, 0.29) is 67.2 Å². The molecule has 11 atom stereocenters. The van der Waals surface area contributed by atoms with Crippen molar-refractivity contribution in [3.63, 3.8) is 0 Å². The second-order valence-electron chi connectivity index (χ2n) is 17.9. The number of rotatable bonds is 3. The predicted molar refractivity (Wildman–Crippen MR) is 200 cm³/mol. The van der Waals surface area contributed by atoms with Crippen LogP contribution in [0.1, 0.15) is 139 Å². The third-order valence-corrected chi connectivity index (χ3v) is 13.3. The fourth-order valence-electron chi connectivity index (χ4n) is 9.72. The molecule has 2 N–H and O–H groups in total. The van der Waals surface area contributed by atoms with Crippen LogP contribution in [0.2, 0.25) is 0 Å². The standard InChI is InChI=1S/C43H66O10/c1-24(2)30-21-34(45)27(5)13-11-12-25(3)19-35(46)33-20-28(6)31-22-39(52-29(7)44)42(9,50)38-16-17-41(8,49)37(53-38)15-14-26(4)18-32(31)43(33,23-36(30)47)40(48)51-10/h18,24-25,27,30,32-33,37-39,49-50H,11-17,19-23H2,1-10H3/t25-,27+,30-,32-,33+,37-,38+,39-,41+,42+,43-/m0/s1. The van der Waals surface area contributed by atoms with Crippen LogP contribution in [0, 0.1) is 40.9 Å². The summed E-state index contributed by atoms with van der Waals surface area (Å²) in [6.45, 7) is 16.2. The second kappa shape index (κ2) is 17.0. The second-order valence-corrected chi connectivity index (χ2v) is 17.9. The van der Waals surface area contributed by atoms with Gasteiger partial charge in [-0.3, -0.25) is 24.0 Å². The molecule has 1 saturated heterocycles. The minimum Gasteiger partial charge on any atom is -0.469 e. The molecule has 1 saturated carbocycles. The lowest BCUT2D eigenvalue weighted by Crippen LogP contribution is -2.60. The SMILES string of the molecule is COC(=O)[C@]12CC(=O)[C@H](C(C)C)CC(=O)[C@H](C)CCC[C@H](C)CC(=O)[C@H]1CC(C)=C1C[C@H](OC(C)=O)[C@](C)(O)[C@H]3CC[C@@](C)(O)[C@H](CCC(C)=C[C@@H]12)O3. The summed E-state index contributed by atoms with van der Waals surface area (Å²) in [5.41, 5.74) is -2.12. The smallest absolute Gasteiger partial charge is 0.313 e. The summed E-state index contributed by atoms with van der Waals surface area (Å²) in [7, 11) is 1.28. The Balaban J connectivity index is 2.02. The lowest BCUT2D eigenvalue weighted by atomic mass is 9.53. The number of fused-ring (bicyclic) bond motifs is 5. The van der Waals surface area contributed by atoms with Gasteiger partial charge in [0.15, 0.2) is 0 Å². The highest BCUT2D eigenvalue weighted by atomic mass is 16.6. The average molecular weight is 743 g/mol. The van der Waals surface area contributed by atoms with E-state index in [0.717, 1.165) is 24.0 Å². The Bertz CT molecular complexity index is 1470. The van der Waals surface area contributed by atoms with Crippen molar-refractivity contribution in [3.05, 3.63) is 22.8 Å². The first-order valence-corrected chi connectivity index (χ1v) is 19.9. The minimum atomic E-state index is -1.70. The van der Waals surface area contributed by atoms with Gasteiger partial charge < -0.3 is 24.4 Å². The number of ether oxygens (including phenoxy) is 3. The summed E-state index contributed by atoms with van der Waals surface area (Å²) < 4.78 is 18.0. The van der Waals surface area contributed by atoms with Gasteiger partial charge in [0.05, 0.1) is 30.3 Å². The number of hydrogen-bond donors (Lipinski definition) is 2. The molecule has 0 aromatic heterocycles. The topological polar surface area (TPSA) is 154 Å². The first kappa shape index (κ1) is 43.0. The van der Waals surface area contributed by atoms with Crippen LogP contribution in [0.15, 0.2) is 22.8 Å². The molecule has 10 nitrogen and oxygen atoms in total. The first-order valence-electron chi connectivity index (χ1n) is 19.9. The fraction of sp³-hybridized carbons (Fsp3) is 0.791. The van der Waals surface area contributed by atoms with Gasteiger partial charge in [0.2, 0.25) is 0 Å². The van der Waals surface area contributed by atoms with E-state index in [1.54, 1.807) is 13.8 Å². The molecule has 2 fully saturated rings. The molecule has 4 aliphatic rings. The zero-order valence-electron chi connectivity index (χ0n) is 33.9. The molecule has 4 rings (SSSR count). The van der Waals surface area contributed by atoms with Gasteiger partial charge in [0.25, 0.3) is 0 Å². The third kappa shape index (κ3) is 9.24. The maximum atomic E-state index is 14.8. The van der Waals surface area contributed by atoms with E-state index >= 15 is 0 Å². The van der Waals surface area contributed by atoms with Gasteiger partial charge in [-0.05, 0) is 78.1 Å². The normalized spacial score (nSPS) is 39.8. The van der Waals surface area contributed by atoms with Crippen LogP contribution >= 0.6 is 0 Å². The summed E-state index contributed by atoms with van der Waals surface area (Å²) in [4.78, 5) is 70.5. The van der Waals surface area contributed by atoms with Crippen molar-refractivity contribution in [3.8, 4) is 0 Å². The first-order chi connectivity index (χ1) is 24.6. The van der Waals surface area contributed by atoms with Crippen LogP contribution in [0.25, 0.3) is 0 Å². The third-order valence-electron chi connectivity index (χ3n) is 13.3. The summed E-state index contributed by atoms with van der Waals surface area (Å²) in [5, 5.41) is 23.7. The number of hydrogen-bond acceptors (Lipinski definition) is 10. The number of esters is 2. The molecule has 10 heteroatoms. The summed E-state index contributed by atoms with van der Waals surface area (Å²) >= 11 is 0. The number of carbonyl (C=O) groups excluding carboxylic acids is 5. The summed E-state index contributed by atoms with van der Waals surface area (Å²) in [6, 6.07) is 0. The summed E-state index contributed by atoms with van der Waals surface area (Å²) in [5.74, 6) is -4.42. The lowest BCUT2D eigenvalue weighted by molar-refractivity contribution is -0.239. The van der Waals surface area contributed by atoms with Gasteiger partial charge in [-0.2, -0.15) is 0 Å². The Hall–Kier alpha value is -2.69. The van der Waals surface area contributed by atoms with Crippen molar-refractivity contribution in [2.75, 3.05) is 7.11 Å². The molecule has 2 aliphatic heterocycles. The van der Waals surface area contributed by atoms with Gasteiger partial charge in [0, 0.05) is 56.3 Å². The highest BCUT2D eigenvalue weighted by molar-refractivity contribution is 5.97. The van der Waals surface area contributed by atoms with Crippen LogP contribution in [0.4, 0.5) is 0 Å². The molecular formula is C43H66O10. The fourth-order valence-corrected chi connectivity index (χ4v) is 9.72. The molecule has 53 heavy (non-hydrogen) atoms. The van der Waals surface area contributed by atoms with Crippen molar-refractivity contribution in [2.45, 2.75) is 169 Å². The number of ketones is 3. The van der Waals surface area contributed by atoms with Crippen LogP contribution in [-0.2, 0) is 38.2 Å². The van der Waals surface area contributed by atoms with Crippen molar-refractivity contribution in [2.24, 2.45) is 40.9 Å². The van der Waals surface area contributed by atoms with E-state index in [1.807, 2.05) is 47.6 Å². The van der Waals surface area contributed by atoms with Gasteiger partial charge in [-0.25, -0.2) is 0 Å². The highest BCUT2D eigenvalue weighted by Gasteiger charge is 2.60. The molecule has 2 heterocycles. The number of aliphatic hydroxyl groups is 2. The maximum absolute atomic E-state index is 14.8. The zero-order chi connectivity index (χ0) is 39.6. The molecule has 298 valence electrons. The van der Waals surface area contributed by atoms with Gasteiger partial charge >= 0.3 is 11.9 Å². The van der Waals surface area contributed by atoms with Crippen LogP contribution in [-0.4, -0.2) is 76.1 Å². The van der Waals surface area contributed by atoms with Gasteiger partial charge in [-0.1, -0.05) is 63.3 Å². The molecule has 0 amide bonds. The van der Waals surface area contributed by atoms with E-state index in [1.165, 1.54) is 14.0 Å².